The van der Waals surface area contributed by atoms with Gasteiger partial charge in [0.15, 0.2) is 0 Å². The maximum Gasteiger partial charge on any atom is 0.264 e. The van der Waals surface area contributed by atoms with Crippen LogP contribution in [0.3, 0.4) is 0 Å². The van der Waals surface area contributed by atoms with Crippen LogP contribution in [0.2, 0.25) is 0 Å². The molecular weight excluding hydrogens is 432 g/mol. The summed E-state index contributed by atoms with van der Waals surface area (Å²) in [6.07, 6.45) is 4.28. The van der Waals surface area contributed by atoms with Gasteiger partial charge in [-0.05, 0) is 54.5 Å². The molecule has 1 aliphatic carbocycles. The molecule has 8 heteroatoms. The Hall–Kier alpha value is -2.42. The zero-order chi connectivity index (χ0) is 21.6. The second-order valence-electron chi connectivity index (χ2n) is 8.20. The Morgan fingerprint density at radius 3 is 2.42 bits per heavy atom. The van der Waals surface area contributed by atoms with E-state index < -0.39 is 20.0 Å². The Kier molecular flexibility index (Phi) is 5.03. The highest BCUT2D eigenvalue weighted by molar-refractivity contribution is 7.93. The zero-order valence-corrected chi connectivity index (χ0v) is 18.6. The third-order valence-corrected chi connectivity index (χ3v) is 9.60. The molecule has 1 heterocycles. The van der Waals surface area contributed by atoms with Crippen molar-refractivity contribution in [3.8, 4) is 0 Å². The molecule has 1 N–H and O–H groups in total. The van der Waals surface area contributed by atoms with E-state index in [2.05, 4.69) is 4.72 Å². The van der Waals surface area contributed by atoms with Crippen LogP contribution in [0.25, 0.3) is 10.8 Å². The van der Waals surface area contributed by atoms with Crippen molar-refractivity contribution in [3.05, 3.63) is 66.2 Å². The van der Waals surface area contributed by atoms with E-state index in [-0.39, 0.29) is 15.8 Å². The minimum atomic E-state index is -3.78. The molecule has 3 aromatic carbocycles. The van der Waals surface area contributed by atoms with Crippen LogP contribution in [0.4, 0.5) is 5.69 Å². The second-order valence-corrected chi connectivity index (χ2v) is 11.7. The van der Waals surface area contributed by atoms with E-state index in [1.54, 1.807) is 24.3 Å². The fraction of sp³-hybridized carbons (Fsp3) is 0.304. The van der Waals surface area contributed by atoms with E-state index >= 15 is 0 Å². The molecule has 0 saturated heterocycles. The Morgan fingerprint density at radius 2 is 1.61 bits per heavy atom. The van der Waals surface area contributed by atoms with Crippen LogP contribution in [0, 0.1) is 0 Å². The first-order chi connectivity index (χ1) is 14.9. The first-order valence-corrected chi connectivity index (χ1v) is 13.4. The van der Waals surface area contributed by atoms with Gasteiger partial charge in [0.25, 0.3) is 10.0 Å². The number of nitrogens with zero attached hydrogens (tertiary/aromatic N) is 1. The summed E-state index contributed by atoms with van der Waals surface area (Å²) in [5.74, 6) is 0. The van der Waals surface area contributed by atoms with Crippen LogP contribution in [-0.2, 0) is 26.5 Å². The van der Waals surface area contributed by atoms with Crippen molar-refractivity contribution in [1.82, 2.24) is 4.72 Å². The number of benzene rings is 3. The zero-order valence-electron chi connectivity index (χ0n) is 17.0. The van der Waals surface area contributed by atoms with E-state index in [4.69, 9.17) is 0 Å². The molecule has 5 rings (SSSR count). The van der Waals surface area contributed by atoms with Gasteiger partial charge in [-0.25, -0.2) is 21.6 Å². The van der Waals surface area contributed by atoms with Crippen molar-refractivity contribution in [2.45, 2.75) is 47.9 Å². The third-order valence-electron chi connectivity index (χ3n) is 6.21. The van der Waals surface area contributed by atoms with Crippen LogP contribution in [0.15, 0.2) is 70.5 Å². The van der Waals surface area contributed by atoms with E-state index in [1.165, 1.54) is 10.4 Å². The summed E-state index contributed by atoms with van der Waals surface area (Å²) in [4.78, 5) is 0.459. The minimum absolute atomic E-state index is 0.0125. The molecule has 0 bridgehead atoms. The number of anilines is 1. The SMILES string of the molecule is O=S(=O)(NC1CCCC1)c1ccc2c(c1)CCN2S(=O)(=O)c1cccc2ccccc12. The molecular formula is C23H24N2O4S2. The summed E-state index contributed by atoms with van der Waals surface area (Å²) in [7, 11) is -7.39. The predicted molar refractivity (Wildman–Crippen MR) is 121 cm³/mol. The van der Waals surface area contributed by atoms with Crippen molar-refractivity contribution in [2.75, 3.05) is 10.8 Å². The molecule has 0 radical (unpaired) electrons. The molecule has 0 aromatic heterocycles. The third kappa shape index (κ3) is 3.62. The molecule has 162 valence electrons. The van der Waals surface area contributed by atoms with E-state index in [9.17, 15) is 16.8 Å². The van der Waals surface area contributed by atoms with Gasteiger partial charge in [-0.2, -0.15) is 0 Å². The van der Waals surface area contributed by atoms with Gasteiger partial charge in [-0.3, -0.25) is 4.31 Å². The summed E-state index contributed by atoms with van der Waals surface area (Å²) in [6, 6.07) is 17.4. The van der Waals surface area contributed by atoms with Gasteiger partial charge >= 0.3 is 0 Å². The second kappa shape index (κ2) is 7.62. The summed E-state index contributed by atoms with van der Waals surface area (Å²) in [5.41, 5.74) is 1.28. The first-order valence-electron chi connectivity index (χ1n) is 10.5. The number of hydrogen-bond donors (Lipinski definition) is 1. The lowest BCUT2D eigenvalue weighted by molar-refractivity contribution is 0.552. The van der Waals surface area contributed by atoms with E-state index in [0.29, 0.717) is 24.0 Å². The first kappa shape index (κ1) is 20.5. The smallest absolute Gasteiger partial charge is 0.264 e. The standard InChI is InChI=1S/C23H24N2O4S2/c26-30(27,24-19-8-2-3-9-19)20-12-13-22-18(16-20)14-15-25(22)31(28,29)23-11-5-7-17-6-1-4-10-21(17)23/h1,4-7,10-13,16,19,24H,2-3,8-9,14-15H2. The quantitative estimate of drug-likeness (QED) is 0.633. The lowest BCUT2D eigenvalue weighted by Gasteiger charge is -2.21. The Morgan fingerprint density at radius 1 is 0.871 bits per heavy atom. The molecule has 31 heavy (non-hydrogen) atoms. The fourth-order valence-electron chi connectivity index (χ4n) is 4.64. The van der Waals surface area contributed by atoms with Crippen molar-refractivity contribution in [3.63, 3.8) is 0 Å². The van der Waals surface area contributed by atoms with Crippen molar-refractivity contribution in [2.24, 2.45) is 0 Å². The van der Waals surface area contributed by atoms with Crippen LogP contribution < -0.4 is 9.03 Å². The van der Waals surface area contributed by atoms with Gasteiger partial charge in [-0.15, -0.1) is 0 Å². The van der Waals surface area contributed by atoms with Gasteiger partial charge in [-0.1, -0.05) is 49.2 Å². The molecule has 1 aliphatic heterocycles. The molecule has 0 amide bonds. The number of hydrogen-bond acceptors (Lipinski definition) is 4. The fourth-order valence-corrected chi connectivity index (χ4v) is 7.71. The van der Waals surface area contributed by atoms with Crippen molar-refractivity contribution >= 4 is 36.5 Å². The van der Waals surface area contributed by atoms with Crippen LogP contribution >= 0.6 is 0 Å². The number of fused-ring (bicyclic) bond motifs is 2. The average Bonchev–Trinajstić information content (AvgIpc) is 3.42. The van der Waals surface area contributed by atoms with Crippen LogP contribution in [0.5, 0.6) is 0 Å². The molecule has 6 nitrogen and oxygen atoms in total. The molecule has 0 unspecified atom stereocenters. The molecule has 1 fully saturated rings. The van der Waals surface area contributed by atoms with Crippen LogP contribution in [0.1, 0.15) is 31.2 Å². The van der Waals surface area contributed by atoms with Gasteiger partial charge in [0.1, 0.15) is 0 Å². The largest absolute Gasteiger partial charge is 0.266 e. The normalized spacial score (nSPS) is 17.4. The van der Waals surface area contributed by atoms with Crippen LogP contribution in [-0.4, -0.2) is 29.4 Å². The Bertz CT molecular complexity index is 1360. The highest BCUT2D eigenvalue weighted by Crippen LogP contribution is 2.36. The lowest BCUT2D eigenvalue weighted by atomic mass is 10.1. The molecule has 3 aromatic rings. The minimum Gasteiger partial charge on any atom is -0.266 e. The van der Waals surface area contributed by atoms with Gasteiger partial charge < -0.3 is 0 Å². The predicted octanol–water partition coefficient (Wildman–Crippen LogP) is 3.81. The van der Waals surface area contributed by atoms with E-state index in [0.717, 1.165) is 36.6 Å². The molecule has 1 saturated carbocycles. The molecule has 2 aliphatic rings. The molecule has 0 atom stereocenters. The number of nitrogens with one attached hydrogen (secondary N) is 1. The lowest BCUT2D eigenvalue weighted by Crippen LogP contribution is -2.32. The highest BCUT2D eigenvalue weighted by Gasteiger charge is 2.33. The monoisotopic (exact) mass is 456 g/mol. The Labute approximate surface area is 183 Å². The topological polar surface area (TPSA) is 83.6 Å². The number of rotatable bonds is 5. The summed E-state index contributed by atoms with van der Waals surface area (Å²) >= 11 is 0. The summed E-state index contributed by atoms with van der Waals surface area (Å²) in [5, 5.41) is 1.54. The summed E-state index contributed by atoms with van der Waals surface area (Å²) in [6.45, 7) is 0.292. The highest BCUT2D eigenvalue weighted by atomic mass is 32.2. The van der Waals surface area contributed by atoms with Crippen molar-refractivity contribution in [1.29, 1.82) is 0 Å². The van der Waals surface area contributed by atoms with Gasteiger partial charge in [0, 0.05) is 18.0 Å². The maximum atomic E-state index is 13.5. The van der Waals surface area contributed by atoms with Gasteiger partial charge in [0.2, 0.25) is 10.0 Å². The molecule has 0 spiro atoms. The maximum absolute atomic E-state index is 13.5. The van der Waals surface area contributed by atoms with Crippen molar-refractivity contribution < 1.29 is 16.8 Å². The summed E-state index contributed by atoms with van der Waals surface area (Å²) < 4.78 is 56.8. The Balaban J connectivity index is 1.49. The van der Waals surface area contributed by atoms with Gasteiger partial charge in [0.05, 0.1) is 15.5 Å². The average molecular weight is 457 g/mol. The number of sulfonamides is 2. The van der Waals surface area contributed by atoms with E-state index in [1.807, 2.05) is 30.3 Å².